The molecule has 0 atom stereocenters. The van der Waals surface area contributed by atoms with Crippen molar-refractivity contribution in [3.63, 3.8) is 0 Å². The number of hydrogen-bond acceptors (Lipinski definition) is 5. The number of carbonyl (C=O) groups is 2. The van der Waals surface area contributed by atoms with Crippen molar-refractivity contribution in [2.45, 2.75) is 13.3 Å². The molecule has 0 aliphatic heterocycles. The second-order valence-corrected chi connectivity index (χ2v) is 5.74. The molecule has 0 N–H and O–H groups in total. The van der Waals surface area contributed by atoms with Crippen LogP contribution < -0.4 is 9.47 Å². The van der Waals surface area contributed by atoms with Gasteiger partial charge in [-0.2, -0.15) is 0 Å². The third-order valence-corrected chi connectivity index (χ3v) is 3.89. The second kappa shape index (κ2) is 10.9. The maximum atomic E-state index is 12.7. The third kappa shape index (κ3) is 6.66. The minimum atomic E-state index is -0.320. The molecule has 1 amide bonds. The average Bonchev–Trinajstić information content (AvgIpc) is 2.71. The summed E-state index contributed by atoms with van der Waals surface area (Å²) in [5.74, 6) is 0.976. The molecule has 0 saturated heterocycles. The Labute approximate surface area is 159 Å². The van der Waals surface area contributed by atoms with Gasteiger partial charge in [0.1, 0.15) is 18.1 Å². The molecule has 0 fully saturated rings. The molecule has 0 aromatic heterocycles. The summed E-state index contributed by atoms with van der Waals surface area (Å²) in [4.78, 5) is 26.0. The summed E-state index contributed by atoms with van der Waals surface area (Å²) in [6.07, 6.45) is 0.148. The van der Waals surface area contributed by atoms with Crippen molar-refractivity contribution in [2.75, 3.05) is 33.4 Å². The summed E-state index contributed by atoms with van der Waals surface area (Å²) in [7, 11) is 1.60. The van der Waals surface area contributed by atoms with Crippen molar-refractivity contribution in [1.29, 1.82) is 0 Å². The highest BCUT2D eigenvalue weighted by Crippen LogP contribution is 2.17. The van der Waals surface area contributed by atoms with E-state index in [2.05, 4.69) is 0 Å². The Morgan fingerprint density at radius 1 is 0.926 bits per heavy atom. The molecule has 2 rings (SSSR count). The lowest BCUT2D eigenvalue weighted by molar-refractivity contribution is -0.143. The first-order valence-corrected chi connectivity index (χ1v) is 8.90. The van der Waals surface area contributed by atoms with Crippen LogP contribution in [-0.4, -0.2) is 50.2 Å². The summed E-state index contributed by atoms with van der Waals surface area (Å²) < 4.78 is 15.8. The Bertz CT molecular complexity index is 715. The molecular weight excluding hydrogens is 346 g/mol. The van der Waals surface area contributed by atoms with Crippen molar-refractivity contribution in [3.05, 3.63) is 60.2 Å². The fourth-order valence-electron chi connectivity index (χ4n) is 2.48. The highest BCUT2D eigenvalue weighted by Gasteiger charge is 2.17. The van der Waals surface area contributed by atoms with Gasteiger partial charge in [-0.15, -0.1) is 0 Å². The third-order valence-electron chi connectivity index (χ3n) is 3.89. The number of hydrogen-bond donors (Lipinski definition) is 0. The predicted octanol–water partition coefficient (Wildman–Crippen LogP) is 3.17. The Kier molecular flexibility index (Phi) is 8.16. The lowest BCUT2D eigenvalue weighted by Crippen LogP contribution is -2.36. The molecule has 0 radical (unpaired) electrons. The first-order valence-electron chi connectivity index (χ1n) is 8.90. The lowest BCUT2D eigenvalue weighted by Gasteiger charge is -2.22. The number of methoxy groups -OCH3 is 1. The van der Waals surface area contributed by atoms with Gasteiger partial charge in [-0.05, 0) is 43.3 Å². The summed E-state index contributed by atoms with van der Waals surface area (Å²) in [5.41, 5.74) is 0.575. The van der Waals surface area contributed by atoms with Gasteiger partial charge in [0.05, 0.1) is 26.7 Å². The standard InChI is InChI=1S/C21H25NO5/c1-3-26-20(23)13-14-22(21(24)17-7-5-4-6-8-17)15-16-27-19-11-9-18(25-2)10-12-19/h4-12H,3,13-16H2,1-2H3. The van der Waals surface area contributed by atoms with Crippen molar-refractivity contribution >= 4 is 11.9 Å². The van der Waals surface area contributed by atoms with Crippen LogP contribution >= 0.6 is 0 Å². The van der Waals surface area contributed by atoms with Gasteiger partial charge < -0.3 is 19.1 Å². The number of nitrogens with zero attached hydrogens (tertiary/aromatic N) is 1. The van der Waals surface area contributed by atoms with E-state index < -0.39 is 0 Å². The van der Waals surface area contributed by atoms with Crippen LogP contribution in [0.25, 0.3) is 0 Å². The SMILES string of the molecule is CCOC(=O)CCN(CCOc1ccc(OC)cc1)C(=O)c1ccccc1. The van der Waals surface area contributed by atoms with Crippen LogP contribution in [0.5, 0.6) is 11.5 Å². The van der Waals surface area contributed by atoms with E-state index in [1.54, 1.807) is 43.2 Å². The molecule has 144 valence electrons. The van der Waals surface area contributed by atoms with E-state index in [-0.39, 0.29) is 24.8 Å². The Morgan fingerprint density at radius 3 is 2.22 bits per heavy atom. The molecule has 0 aliphatic carbocycles. The topological polar surface area (TPSA) is 65.1 Å². The fraction of sp³-hybridized carbons (Fsp3) is 0.333. The zero-order valence-corrected chi connectivity index (χ0v) is 15.7. The monoisotopic (exact) mass is 371 g/mol. The van der Waals surface area contributed by atoms with Crippen LogP contribution in [0.4, 0.5) is 0 Å². The van der Waals surface area contributed by atoms with Gasteiger partial charge in [-0.3, -0.25) is 9.59 Å². The number of ether oxygens (including phenoxy) is 3. The molecular formula is C21H25NO5. The van der Waals surface area contributed by atoms with E-state index in [9.17, 15) is 9.59 Å². The number of amides is 1. The lowest BCUT2D eigenvalue weighted by atomic mass is 10.2. The quantitative estimate of drug-likeness (QED) is 0.600. The molecule has 2 aromatic rings. The van der Waals surface area contributed by atoms with Crippen LogP contribution in [-0.2, 0) is 9.53 Å². The van der Waals surface area contributed by atoms with E-state index >= 15 is 0 Å². The fourth-order valence-corrected chi connectivity index (χ4v) is 2.48. The Balaban J connectivity index is 1.95. The molecule has 6 heteroatoms. The Morgan fingerprint density at radius 2 is 1.59 bits per heavy atom. The van der Waals surface area contributed by atoms with Gasteiger partial charge in [-0.25, -0.2) is 0 Å². The van der Waals surface area contributed by atoms with Crippen molar-refractivity contribution in [3.8, 4) is 11.5 Å². The van der Waals surface area contributed by atoms with Gasteiger partial charge in [0, 0.05) is 12.1 Å². The van der Waals surface area contributed by atoms with Crippen LogP contribution in [0.15, 0.2) is 54.6 Å². The zero-order chi connectivity index (χ0) is 19.5. The number of carbonyl (C=O) groups excluding carboxylic acids is 2. The van der Waals surface area contributed by atoms with Gasteiger partial charge >= 0.3 is 5.97 Å². The smallest absolute Gasteiger partial charge is 0.307 e. The van der Waals surface area contributed by atoms with Gasteiger partial charge in [0.15, 0.2) is 0 Å². The normalized spacial score (nSPS) is 10.1. The molecule has 0 aliphatic rings. The van der Waals surface area contributed by atoms with Gasteiger partial charge in [-0.1, -0.05) is 18.2 Å². The van der Waals surface area contributed by atoms with E-state index in [1.807, 2.05) is 30.3 Å². The maximum Gasteiger partial charge on any atom is 0.307 e. The highest BCUT2D eigenvalue weighted by molar-refractivity contribution is 5.94. The number of benzene rings is 2. The van der Waals surface area contributed by atoms with Gasteiger partial charge in [0.25, 0.3) is 5.91 Å². The maximum absolute atomic E-state index is 12.7. The van der Waals surface area contributed by atoms with E-state index in [4.69, 9.17) is 14.2 Å². The van der Waals surface area contributed by atoms with E-state index in [0.717, 1.165) is 5.75 Å². The molecule has 27 heavy (non-hydrogen) atoms. The van der Waals surface area contributed by atoms with Crippen molar-refractivity contribution < 1.29 is 23.8 Å². The first kappa shape index (κ1) is 20.3. The molecule has 6 nitrogen and oxygen atoms in total. The summed E-state index contributed by atoms with van der Waals surface area (Å²) >= 11 is 0. The van der Waals surface area contributed by atoms with Crippen LogP contribution in [0.3, 0.4) is 0 Å². The summed E-state index contributed by atoms with van der Waals surface area (Å²) in [6.45, 7) is 3.03. The predicted molar refractivity (Wildman–Crippen MR) is 102 cm³/mol. The molecule has 0 spiro atoms. The molecule has 0 saturated carbocycles. The van der Waals surface area contributed by atoms with Crippen molar-refractivity contribution in [2.24, 2.45) is 0 Å². The highest BCUT2D eigenvalue weighted by atomic mass is 16.5. The van der Waals surface area contributed by atoms with Gasteiger partial charge in [0.2, 0.25) is 0 Å². The minimum Gasteiger partial charge on any atom is -0.497 e. The van der Waals surface area contributed by atoms with Crippen LogP contribution in [0.2, 0.25) is 0 Å². The summed E-state index contributed by atoms with van der Waals surface area (Å²) in [6, 6.07) is 16.2. The molecule has 0 unspecified atom stereocenters. The van der Waals surface area contributed by atoms with Crippen molar-refractivity contribution in [1.82, 2.24) is 4.90 Å². The zero-order valence-electron chi connectivity index (χ0n) is 15.7. The Hall–Kier alpha value is -3.02. The minimum absolute atomic E-state index is 0.141. The molecule has 0 heterocycles. The average molecular weight is 371 g/mol. The van der Waals surface area contributed by atoms with E-state index in [0.29, 0.717) is 31.1 Å². The second-order valence-electron chi connectivity index (χ2n) is 5.74. The number of rotatable bonds is 10. The number of esters is 1. The first-order chi connectivity index (χ1) is 13.1. The summed E-state index contributed by atoms with van der Waals surface area (Å²) in [5, 5.41) is 0. The molecule has 0 bridgehead atoms. The van der Waals surface area contributed by atoms with Crippen LogP contribution in [0, 0.1) is 0 Å². The molecule has 2 aromatic carbocycles. The largest absolute Gasteiger partial charge is 0.497 e. The van der Waals surface area contributed by atoms with Crippen LogP contribution in [0.1, 0.15) is 23.7 Å². The van der Waals surface area contributed by atoms with E-state index in [1.165, 1.54) is 0 Å².